The van der Waals surface area contributed by atoms with E-state index in [1.54, 1.807) is 6.07 Å². The van der Waals surface area contributed by atoms with E-state index in [9.17, 15) is 0 Å². The molecule has 12 aromatic rings. The first-order valence-electron chi connectivity index (χ1n) is 18.8. The Morgan fingerprint density at radius 3 is 1.64 bits per heavy atom. The number of para-hydroxylation sites is 4. The van der Waals surface area contributed by atoms with Gasteiger partial charge >= 0.3 is 0 Å². The lowest BCUT2D eigenvalue weighted by atomic mass is 9.91. The normalized spacial score (nSPS) is 13.7. The topological polar surface area (TPSA) is 8.82 Å². The zero-order valence-electron chi connectivity index (χ0n) is 30.3. The van der Waals surface area contributed by atoms with E-state index in [-0.39, 0.29) is 0 Å². The van der Waals surface area contributed by atoms with E-state index in [1.807, 2.05) is 19.1 Å². The highest BCUT2D eigenvalue weighted by Crippen LogP contribution is 2.49. The predicted molar refractivity (Wildman–Crippen MR) is 214 cm³/mol. The van der Waals surface area contributed by atoms with Crippen LogP contribution in [0.15, 0.2) is 146 Å². The Morgan fingerprint density at radius 1 is 0.400 bits per heavy atom. The van der Waals surface area contributed by atoms with Gasteiger partial charge in [0.2, 0.25) is 0 Å². The van der Waals surface area contributed by atoms with Crippen LogP contribution in [0.3, 0.4) is 0 Å². The molecule has 0 unspecified atom stereocenters. The Hall–Kier alpha value is -6.38. The standard InChI is InChI=1S/C48H30N2/c1-27-10-7-11-28(2)43(27)31-22-20-30-25-32(23-21-29(30)24-31)44-45-38-17-9-15-36-33-12-3-5-18-40(33)49(47(36)38)42(45)26-39-37-16-8-14-35-34-13-4-6-19-41(34)50(46(35)37)48(39)44/h3-26H,1-2H3/i1D3. The maximum Gasteiger partial charge on any atom is 0.0627 e. The molecular formula is C48H30N2. The Balaban J connectivity index is 1.24. The van der Waals surface area contributed by atoms with E-state index in [1.165, 1.54) is 81.8 Å². The van der Waals surface area contributed by atoms with Crippen molar-refractivity contribution in [3.8, 4) is 22.3 Å². The van der Waals surface area contributed by atoms with Crippen LogP contribution in [0.5, 0.6) is 0 Å². The van der Waals surface area contributed by atoms with Gasteiger partial charge in [0, 0.05) is 52.8 Å². The quantitative estimate of drug-likeness (QED) is 0.178. The molecule has 0 amide bonds. The number of fused-ring (bicyclic) bond motifs is 13. The van der Waals surface area contributed by atoms with Gasteiger partial charge in [0.05, 0.1) is 33.1 Å². The van der Waals surface area contributed by atoms with Crippen molar-refractivity contribution in [2.24, 2.45) is 0 Å². The molecule has 0 bridgehead atoms. The van der Waals surface area contributed by atoms with Gasteiger partial charge in [0.1, 0.15) is 0 Å². The van der Waals surface area contributed by atoms with Crippen molar-refractivity contribution in [2.45, 2.75) is 13.8 Å². The molecule has 8 aromatic carbocycles. The molecule has 2 nitrogen and oxygen atoms in total. The van der Waals surface area contributed by atoms with Gasteiger partial charge in [-0.25, -0.2) is 0 Å². The van der Waals surface area contributed by atoms with E-state index in [0.29, 0.717) is 5.56 Å². The molecule has 4 heterocycles. The van der Waals surface area contributed by atoms with Crippen LogP contribution in [0.2, 0.25) is 0 Å². The number of nitrogens with zero attached hydrogens (tertiary/aromatic N) is 2. The first kappa shape index (κ1) is 23.9. The summed E-state index contributed by atoms with van der Waals surface area (Å²) in [5.41, 5.74) is 12.8. The maximum absolute atomic E-state index is 8.25. The smallest absolute Gasteiger partial charge is 0.0627 e. The Kier molecular flexibility index (Phi) is 4.39. The van der Waals surface area contributed by atoms with Crippen LogP contribution in [-0.2, 0) is 0 Å². The summed E-state index contributed by atoms with van der Waals surface area (Å²) < 4.78 is 29.7. The van der Waals surface area contributed by atoms with Crippen LogP contribution in [0, 0.1) is 13.8 Å². The maximum atomic E-state index is 8.25. The number of rotatable bonds is 2. The van der Waals surface area contributed by atoms with Crippen molar-refractivity contribution in [3.05, 3.63) is 157 Å². The molecular weight excluding hydrogens is 605 g/mol. The van der Waals surface area contributed by atoms with Crippen LogP contribution in [0.4, 0.5) is 0 Å². The summed E-state index contributed by atoms with van der Waals surface area (Å²) in [6, 6.07) is 52.3. The summed E-state index contributed by atoms with van der Waals surface area (Å²) in [7, 11) is 0. The molecule has 0 radical (unpaired) electrons. The fraction of sp³-hybridized carbons (Fsp3) is 0.0417. The zero-order valence-corrected chi connectivity index (χ0v) is 27.3. The molecule has 232 valence electrons. The largest absolute Gasteiger partial charge is 0.308 e. The number of aromatic nitrogens is 2. The summed E-state index contributed by atoms with van der Waals surface area (Å²) in [6.07, 6.45) is 0. The highest BCUT2D eigenvalue weighted by molar-refractivity contribution is 6.33. The minimum absolute atomic E-state index is 0.388. The van der Waals surface area contributed by atoms with Crippen LogP contribution >= 0.6 is 0 Å². The molecule has 2 heteroatoms. The lowest BCUT2D eigenvalue weighted by Crippen LogP contribution is -1.90. The van der Waals surface area contributed by atoms with Crippen molar-refractivity contribution in [3.63, 3.8) is 0 Å². The SMILES string of the molecule is [2H]C([2H])([2H])c1cccc(C)c1-c1ccc2cc(-c3c4c5cccc6c7ccccc7n(c4cc4c7cccc8c9ccccc9n(c34)c87)c65)ccc2c1. The molecule has 4 aromatic heterocycles. The first-order valence-corrected chi connectivity index (χ1v) is 17.3. The molecule has 50 heavy (non-hydrogen) atoms. The monoisotopic (exact) mass is 637 g/mol. The van der Waals surface area contributed by atoms with Crippen molar-refractivity contribution >= 4 is 87.0 Å². The summed E-state index contributed by atoms with van der Waals surface area (Å²) in [6.45, 7) is -0.207. The van der Waals surface area contributed by atoms with E-state index in [0.717, 1.165) is 33.0 Å². The van der Waals surface area contributed by atoms with Crippen LogP contribution < -0.4 is 0 Å². The minimum Gasteiger partial charge on any atom is -0.308 e. The molecule has 0 spiro atoms. The summed E-state index contributed by atoms with van der Waals surface area (Å²) in [5, 5.41) is 12.3. The number of hydrogen-bond donors (Lipinski definition) is 0. The van der Waals surface area contributed by atoms with E-state index in [4.69, 9.17) is 4.11 Å². The lowest BCUT2D eigenvalue weighted by Gasteiger charge is -2.13. The van der Waals surface area contributed by atoms with Gasteiger partial charge in [-0.2, -0.15) is 0 Å². The van der Waals surface area contributed by atoms with Crippen LogP contribution in [-0.4, -0.2) is 8.80 Å². The summed E-state index contributed by atoms with van der Waals surface area (Å²) in [4.78, 5) is 0. The third-order valence-electron chi connectivity index (χ3n) is 11.4. The fourth-order valence-electron chi connectivity index (χ4n) is 9.37. The predicted octanol–water partition coefficient (Wildman–Crippen LogP) is 13.1. The molecule has 0 aliphatic rings. The third kappa shape index (κ3) is 3.15. The molecule has 0 saturated carbocycles. The van der Waals surface area contributed by atoms with Gasteiger partial charge in [0.15, 0.2) is 0 Å². The summed E-state index contributed by atoms with van der Waals surface area (Å²) in [5.74, 6) is 0. The second kappa shape index (κ2) is 9.19. The van der Waals surface area contributed by atoms with Gasteiger partial charge in [-0.1, -0.05) is 115 Å². The van der Waals surface area contributed by atoms with Crippen molar-refractivity contribution in [1.29, 1.82) is 0 Å². The second-order valence-electron chi connectivity index (χ2n) is 13.9. The first-order chi connectivity index (χ1) is 25.9. The van der Waals surface area contributed by atoms with Crippen molar-refractivity contribution in [2.75, 3.05) is 0 Å². The summed E-state index contributed by atoms with van der Waals surface area (Å²) >= 11 is 0. The van der Waals surface area contributed by atoms with E-state index >= 15 is 0 Å². The molecule has 12 rings (SSSR count). The molecule has 0 aliphatic carbocycles. The van der Waals surface area contributed by atoms with E-state index in [2.05, 4.69) is 136 Å². The second-order valence-corrected chi connectivity index (χ2v) is 13.9. The van der Waals surface area contributed by atoms with Crippen LogP contribution in [0.25, 0.3) is 109 Å². The molecule has 0 aliphatic heterocycles. The minimum atomic E-state index is -2.20. The highest BCUT2D eigenvalue weighted by atomic mass is 14.9. The number of benzene rings is 8. The van der Waals surface area contributed by atoms with E-state index < -0.39 is 6.85 Å². The molecule has 0 fully saturated rings. The zero-order chi connectivity index (χ0) is 35.3. The van der Waals surface area contributed by atoms with Crippen LogP contribution in [0.1, 0.15) is 15.2 Å². The van der Waals surface area contributed by atoms with Crippen molar-refractivity contribution in [1.82, 2.24) is 8.80 Å². The third-order valence-corrected chi connectivity index (χ3v) is 11.4. The highest BCUT2D eigenvalue weighted by Gasteiger charge is 2.26. The molecule has 0 N–H and O–H groups in total. The average Bonchev–Trinajstić information content (AvgIpc) is 3.90. The van der Waals surface area contributed by atoms with Gasteiger partial charge in [-0.05, 0) is 82.7 Å². The Morgan fingerprint density at radius 2 is 0.940 bits per heavy atom. The number of hydrogen-bond acceptors (Lipinski definition) is 0. The average molecular weight is 638 g/mol. The molecule has 0 atom stereocenters. The molecule has 0 saturated heterocycles. The Bertz CT molecular complexity index is 3500. The fourth-order valence-corrected chi connectivity index (χ4v) is 9.37. The Labute approximate surface area is 291 Å². The van der Waals surface area contributed by atoms with Crippen molar-refractivity contribution < 1.29 is 4.11 Å². The van der Waals surface area contributed by atoms with Gasteiger partial charge < -0.3 is 8.80 Å². The lowest BCUT2D eigenvalue weighted by molar-refractivity contribution is 1.36. The van der Waals surface area contributed by atoms with Gasteiger partial charge in [-0.3, -0.25) is 0 Å². The number of aryl methyl sites for hydroxylation is 2. The van der Waals surface area contributed by atoms with Gasteiger partial charge in [-0.15, -0.1) is 0 Å². The van der Waals surface area contributed by atoms with Gasteiger partial charge in [0.25, 0.3) is 0 Å².